The van der Waals surface area contributed by atoms with Crippen molar-refractivity contribution in [2.24, 2.45) is 0 Å². The standard InChI is InChI=1S/C16H26N4/c1-3-20(15-6-4-5-7-15)16-18-11-13(12(2)19-16)10-17-14-8-9-14/h11,14-15,17H,3-10H2,1-2H3. The van der Waals surface area contributed by atoms with Crippen LogP contribution in [0, 0.1) is 6.92 Å². The summed E-state index contributed by atoms with van der Waals surface area (Å²) in [7, 11) is 0. The molecule has 2 aliphatic carbocycles. The van der Waals surface area contributed by atoms with Crippen molar-refractivity contribution in [3.63, 3.8) is 0 Å². The van der Waals surface area contributed by atoms with Crippen molar-refractivity contribution in [3.8, 4) is 0 Å². The highest BCUT2D eigenvalue weighted by Gasteiger charge is 2.24. The third kappa shape index (κ3) is 3.11. The van der Waals surface area contributed by atoms with Crippen LogP contribution in [0.25, 0.3) is 0 Å². The molecule has 3 rings (SSSR count). The normalized spacial score (nSPS) is 19.5. The predicted octanol–water partition coefficient (Wildman–Crippen LogP) is 2.81. The molecule has 2 fully saturated rings. The van der Waals surface area contributed by atoms with Gasteiger partial charge in [0, 0.05) is 42.6 Å². The molecule has 0 radical (unpaired) electrons. The number of nitrogens with zero attached hydrogens (tertiary/aromatic N) is 3. The fourth-order valence-electron chi connectivity index (χ4n) is 3.11. The summed E-state index contributed by atoms with van der Waals surface area (Å²) in [5.74, 6) is 0.923. The van der Waals surface area contributed by atoms with E-state index in [9.17, 15) is 0 Å². The van der Waals surface area contributed by atoms with Crippen molar-refractivity contribution in [3.05, 3.63) is 17.5 Å². The molecule has 1 aromatic rings. The van der Waals surface area contributed by atoms with Crippen LogP contribution in [0.1, 0.15) is 56.7 Å². The van der Waals surface area contributed by atoms with E-state index in [4.69, 9.17) is 4.98 Å². The number of aromatic nitrogens is 2. The summed E-state index contributed by atoms with van der Waals surface area (Å²) in [6, 6.07) is 1.38. The van der Waals surface area contributed by atoms with Gasteiger partial charge in [-0.05, 0) is 39.5 Å². The van der Waals surface area contributed by atoms with Crippen LogP contribution in [-0.2, 0) is 6.54 Å². The summed E-state index contributed by atoms with van der Waals surface area (Å²) in [5, 5.41) is 3.54. The first-order chi connectivity index (χ1) is 9.78. The van der Waals surface area contributed by atoms with Crippen molar-refractivity contribution in [1.29, 1.82) is 0 Å². The molecule has 2 aliphatic rings. The average Bonchev–Trinajstić information content (AvgIpc) is 3.13. The largest absolute Gasteiger partial charge is 0.338 e. The van der Waals surface area contributed by atoms with Crippen LogP contribution in [0.15, 0.2) is 6.20 Å². The maximum atomic E-state index is 4.76. The Morgan fingerprint density at radius 2 is 2.00 bits per heavy atom. The lowest BCUT2D eigenvalue weighted by molar-refractivity contribution is 0.602. The second-order valence-electron chi connectivity index (χ2n) is 6.16. The molecule has 4 nitrogen and oxygen atoms in total. The average molecular weight is 274 g/mol. The lowest BCUT2D eigenvalue weighted by atomic mass is 10.2. The van der Waals surface area contributed by atoms with E-state index in [1.165, 1.54) is 44.1 Å². The first-order valence-corrected chi connectivity index (χ1v) is 8.10. The van der Waals surface area contributed by atoms with Gasteiger partial charge in [0.15, 0.2) is 0 Å². The lowest BCUT2D eigenvalue weighted by Gasteiger charge is -2.28. The second-order valence-corrected chi connectivity index (χ2v) is 6.16. The Morgan fingerprint density at radius 3 is 2.60 bits per heavy atom. The number of nitrogens with one attached hydrogen (secondary N) is 1. The molecule has 0 atom stereocenters. The maximum Gasteiger partial charge on any atom is 0.225 e. The Bertz CT molecular complexity index is 450. The summed E-state index contributed by atoms with van der Waals surface area (Å²) in [6.07, 6.45) is 9.95. The van der Waals surface area contributed by atoms with Crippen LogP contribution in [0.5, 0.6) is 0 Å². The van der Waals surface area contributed by atoms with Gasteiger partial charge in [0.05, 0.1) is 0 Å². The molecule has 4 heteroatoms. The van der Waals surface area contributed by atoms with Crippen LogP contribution >= 0.6 is 0 Å². The molecular weight excluding hydrogens is 248 g/mol. The fourth-order valence-corrected chi connectivity index (χ4v) is 3.11. The number of aryl methyl sites for hydroxylation is 1. The molecule has 0 saturated heterocycles. The number of hydrogen-bond donors (Lipinski definition) is 1. The van der Waals surface area contributed by atoms with Gasteiger partial charge < -0.3 is 10.2 Å². The van der Waals surface area contributed by atoms with E-state index in [1.54, 1.807) is 0 Å². The van der Waals surface area contributed by atoms with Crippen LogP contribution in [0.2, 0.25) is 0 Å². The summed E-state index contributed by atoms with van der Waals surface area (Å²) in [4.78, 5) is 11.8. The van der Waals surface area contributed by atoms with Gasteiger partial charge in [-0.15, -0.1) is 0 Å². The monoisotopic (exact) mass is 274 g/mol. The van der Waals surface area contributed by atoms with Crippen LogP contribution in [0.3, 0.4) is 0 Å². The van der Waals surface area contributed by atoms with Gasteiger partial charge in [0.2, 0.25) is 5.95 Å². The van der Waals surface area contributed by atoms with Crippen molar-refractivity contribution in [1.82, 2.24) is 15.3 Å². The summed E-state index contributed by atoms with van der Waals surface area (Å²) in [6.45, 7) is 6.23. The van der Waals surface area contributed by atoms with Gasteiger partial charge in [-0.1, -0.05) is 12.8 Å². The minimum absolute atomic E-state index is 0.648. The lowest BCUT2D eigenvalue weighted by Crippen LogP contribution is -2.34. The molecule has 1 heterocycles. The Kier molecular flexibility index (Phi) is 4.20. The van der Waals surface area contributed by atoms with E-state index < -0.39 is 0 Å². The van der Waals surface area contributed by atoms with E-state index in [-0.39, 0.29) is 0 Å². The zero-order chi connectivity index (χ0) is 13.9. The molecular formula is C16H26N4. The molecule has 2 saturated carbocycles. The summed E-state index contributed by atoms with van der Waals surface area (Å²) >= 11 is 0. The van der Waals surface area contributed by atoms with E-state index in [2.05, 4.69) is 29.0 Å². The summed E-state index contributed by atoms with van der Waals surface area (Å²) < 4.78 is 0. The smallest absolute Gasteiger partial charge is 0.225 e. The van der Waals surface area contributed by atoms with E-state index in [1.807, 2.05) is 6.20 Å². The van der Waals surface area contributed by atoms with Crippen molar-refractivity contribution in [2.75, 3.05) is 11.4 Å². The van der Waals surface area contributed by atoms with Crippen LogP contribution < -0.4 is 10.2 Å². The Hall–Kier alpha value is -1.16. The molecule has 0 unspecified atom stereocenters. The van der Waals surface area contributed by atoms with E-state index in [0.29, 0.717) is 6.04 Å². The summed E-state index contributed by atoms with van der Waals surface area (Å²) in [5.41, 5.74) is 2.36. The maximum absolute atomic E-state index is 4.76. The highest BCUT2D eigenvalue weighted by molar-refractivity contribution is 5.34. The van der Waals surface area contributed by atoms with Crippen molar-refractivity contribution in [2.45, 2.75) is 71.0 Å². The highest BCUT2D eigenvalue weighted by atomic mass is 15.3. The van der Waals surface area contributed by atoms with Crippen LogP contribution in [-0.4, -0.2) is 28.6 Å². The first kappa shape index (κ1) is 13.8. The minimum Gasteiger partial charge on any atom is -0.338 e. The third-order valence-corrected chi connectivity index (χ3v) is 4.59. The highest BCUT2D eigenvalue weighted by Crippen LogP contribution is 2.26. The third-order valence-electron chi connectivity index (χ3n) is 4.59. The van der Waals surface area contributed by atoms with Crippen molar-refractivity contribution < 1.29 is 0 Å². The Labute approximate surface area is 122 Å². The zero-order valence-electron chi connectivity index (χ0n) is 12.7. The zero-order valence-corrected chi connectivity index (χ0v) is 12.7. The molecule has 0 bridgehead atoms. The van der Waals surface area contributed by atoms with Gasteiger partial charge >= 0.3 is 0 Å². The second kappa shape index (κ2) is 6.08. The van der Waals surface area contributed by atoms with E-state index >= 15 is 0 Å². The Balaban J connectivity index is 1.70. The molecule has 1 N–H and O–H groups in total. The predicted molar refractivity (Wildman–Crippen MR) is 81.9 cm³/mol. The van der Waals surface area contributed by atoms with Gasteiger partial charge in [0.1, 0.15) is 0 Å². The molecule has 110 valence electrons. The van der Waals surface area contributed by atoms with Gasteiger partial charge in [0.25, 0.3) is 0 Å². The molecule has 0 aliphatic heterocycles. The number of hydrogen-bond acceptors (Lipinski definition) is 4. The minimum atomic E-state index is 0.648. The first-order valence-electron chi connectivity index (χ1n) is 8.10. The molecule has 20 heavy (non-hydrogen) atoms. The van der Waals surface area contributed by atoms with Gasteiger partial charge in [-0.2, -0.15) is 0 Å². The number of rotatable bonds is 6. The number of anilines is 1. The van der Waals surface area contributed by atoms with E-state index in [0.717, 1.165) is 30.8 Å². The fraction of sp³-hybridized carbons (Fsp3) is 0.750. The molecule has 1 aromatic heterocycles. The van der Waals surface area contributed by atoms with Gasteiger partial charge in [-0.3, -0.25) is 0 Å². The molecule has 0 aromatic carbocycles. The molecule has 0 amide bonds. The van der Waals surface area contributed by atoms with Crippen LogP contribution in [0.4, 0.5) is 5.95 Å². The molecule has 0 spiro atoms. The van der Waals surface area contributed by atoms with Gasteiger partial charge in [-0.25, -0.2) is 9.97 Å². The Morgan fingerprint density at radius 1 is 1.25 bits per heavy atom. The quantitative estimate of drug-likeness (QED) is 0.866. The van der Waals surface area contributed by atoms with Crippen molar-refractivity contribution >= 4 is 5.95 Å². The SMILES string of the molecule is CCN(c1ncc(CNC2CC2)c(C)n1)C1CCCC1. The topological polar surface area (TPSA) is 41.1 Å².